The molecular formula is C38H42F2N4O2. The van der Waals surface area contributed by atoms with Crippen molar-refractivity contribution in [2.24, 2.45) is 4.99 Å². The SMILES string of the molecule is CC.CCC1(CCN(C)CCCN2C(=O)C(c3ccc(F)cc3)(c3ccc(F)cc3)N=C2c2ccccn2)COc2ccccc21. The van der Waals surface area contributed by atoms with Crippen LogP contribution in [0.2, 0.25) is 0 Å². The van der Waals surface area contributed by atoms with Crippen LogP contribution in [0.15, 0.2) is 102 Å². The number of nitrogens with zero attached hydrogens (tertiary/aromatic N) is 4. The third kappa shape index (κ3) is 6.31. The summed E-state index contributed by atoms with van der Waals surface area (Å²) < 4.78 is 34.0. The molecule has 8 heteroatoms. The van der Waals surface area contributed by atoms with Gasteiger partial charge in [-0.25, -0.2) is 13.8 Å². The van der Waals surface area contributed by atoms with Crippen LogP contribution in [0.25, 0.3) is 0 Å². The predicted molar refractivity (Wildman–Crippen MR) is 178 cm³/mol. The molecule has 6 nitrogen and oxygen atoms in total. The van der Waals surface area contributed by atoms with Crippen LogP contribution >= 0.6 is 0 Å². The number of pyridine rings is 1. The van der Waals surface area contributed by atoms with Gasteiger partial charge in [0.05, 0.1) is 6.61 Å². The molecule has 1 aromatic heterocycles. The van der Waals surface area contributed by atoms with Crippen molar-refractivity contribution >= 4 is 11.7 Å². The van der Waals surface area contributed by atoms with Crippen molar-refractivity contribution in [3.05, 3.63) is 131 Å². The molecule has 0 N–H and O–H groups in total. The van der Waals surface area contributed by atoms with Crippen LogP contribution in [-0.4, -0.2) is 59.8 Å². The van der Waals surface area contributed by atoms with Crippen LogP contribution < -0.4 is 4.74 Å². The number of amidine groups is 1. The van der Waals surface area contributed by atoms with Crippen LogP contribution in [0.1, 0.15) is 62.4 Å². The highest BCUT2D eigenvalue weighted by atomic mass is 19.1. The number of carbonyl (C=O) groups excluding carboxylic acids is 1. The van der Waals surface area contributed by atoms with Gasteiger partial charge in [0.25, 0.3) is 5.91 Å². The number of carbonyl (C=O) groups is 1. The summed E-state index contributed by atoms with van der Waals surface area (Å²) in [6, 6.07) is 25.4. The van der Waals surface area contributed by atoms with Crippen LogP contribution in [0, 0.1) is 11.6 Å². The summed E-state index contributed by atoms with van der Waals surface area (Å²) in [7, 11) is 2.10. The number of halogens is 2. The lowest BCUT2D eigenvalue weighted by molar-refractivity contribution is -0.130. The van der Waals surface area contributed by atoms with Crippen LogP contribution in [0.4, 0.5) is 8.78 Å². The normalized spacial score (nSPS) is 18.1. The second-order valence-electron chi connectivity index (χ2n) is 11.7. The Hall–Kier alpha value is -4.43. The Morgan fingerprint density at radius 2 is 1.50 bits per heavy atom. The van der Waals surface area contributed by atoms with E-state index >= 15 is 0 Å². The number of benzene rings is 3. The molecule has 2 aliphatic heterocycles. The Morgan fingerprint density at radius 3 is 2.11 bits per heavy atom. The molecule has 6 rings (SSSR count). The molecule has 4 aromatic rings. The molecule has 1 unspecified atom stereocenters. The summed E-state index contributed by atoms with van der Waals surface area (Å²) in [5, 5.41) is 0. The lowest BCUT2D eigenvalue weighted by Crippen LogP contribution is -2.43. The summed E-state index contributed by atoms with van der Waals surface area (Å²) in [4.78, 5) is 28.0. The minimum absolute atomic E-state index is 0.00149. The number of para-hydroxylation sites is 1. The molecule has 0 saturated heterocycles. The predicted octanol–water partition coefficient (Wildman–Crippen LogP) is 7.37. The van der Waals surface area contributed by atoms with Crippen LogP contribution in [-0.2, 0) is 15.7 Å². The summed E-state index contributed by atoms with van der Waals surface area (Å²) in [6.45, 7) is 8.97. The van der Waals surface area contributed by atoms with E-state index < -0.39 is 17.2 Å². The molecule has 46 heavy (non-hydrogen) atoms. The van der Waals surface area contributed by atoms with E-state index in [0.29, 0.717) is 42.2 Å². The summed E-state index contributed by atoms with van der Waals surface area (Å²) in [5.41, 5.74) is 1.36. The minimum Gasteiger partial charge on any atom is -0.492 e. The lowest BCUT2D eigenvalue weighted by atomic mass is 9.77. The zero-order valence-corrected chi connectivity index (χ0v) is 27.0. The fourth-order valence-corrected chi connectivity index (χ4v) is 6.40. The molecule has 1 amide bonds. The van der Waals surface area contributed by atoms with E-state index in [2.05, 4.69) is 36.0 Å². The Balaban J connectivity index is 0.00000204. The van der Waals surface area contributed by atoms with Crippen molar-refractivity contribution < 1.29 is 18.3 Å². The summed E-state index contributed by atoms with van der Waals surface area (Å²) >= 11 is 0. The number of hydrogen-bond acceptors (Lipinski definition) is 5. The van der Waals surface area contributed by atoms with Gasteiger partial charge in [-0.3, -0.25) is 14.7 Å². The molecule has 3 aromatic carbocycles. The highest BCUT2D eigenvalue weighted by Gasteiger charge is 2.51. The maximum atomic E-state index is 14.5. The molecule has 3 heterocycles. The quantitative estimate of drug-likeness (QED) is 0.175. The first-order valence-corrected chi connectivity index (χ1v) is 16.1. The molecule has 0 saturated carbocycles. The standard InChI is InChI=1S/C36H36F2N4O2.C2H6/c1-3-35(25-44-32-11-5-4-9-30(32)35)20-24-41(2)22-8-23-42-33(31-10-6-7-21-39-31)40-36(34(42)43,26-12-16-28(37)17-13-26)27-14-18-29(38)19-15-27;1-2/h4-7,9-19,21H,3,8,20,22-25H2,1-2H3;1-2H3. The first-order chi connectivity index (χ1) is 22.4. The molecule has 0 bridgehead atoms. The molecule has 1 atom stereocenters. The van der Waals surface area contributed by atoms with Gasteiger partial charge in [0.15, 0.2) is 11.4 Å². The average molecular weight is 625 g/mol. The van der Waals surface area contributed by atoms with E-state index in [-0.39, 0.29) is 11.3 Å². The number of aliphatic imine (C=N–C) groups is 1. The second-order valence-corrected chi connectivity index (χ2v) is 11.7. The van der Waals surface area contributed by atoms with Gasteiger partial charge in [-0.2, -0.15) is 0 Å². The number of ether oxygens (including phenoxy) is 1. The molecular weight excluding hydrogens is 582 g/mol. The van der Waals surface area contributed by atoms with Gasteiger partial charge >= 0.3 is 0 Å². The third-order valence-corrected chi connectivity index (χ3v) is 9.03. The van der Waals surface area contributed by atoms with Gasteiger partial charge in [0.2, 0.25) is 0 Å². The zero-order valence-electron chi connectivity index (χ0n) is 27.0. The monoisotopic (exact) mass is 624 g/mol. The number of aromatic nitrogens is 1. The maximum absolute atomic E-state index is 14.5. The summed E-state index contributed by atoms with van der Waals surface area (Å²) in [5.74, 6) is 0.316. The Kier molecular flexibility index (Phi) is 10.3. The van der Waals surface area contributed by atoms with E-state index in [4.69, 9.17) is 9.73 Å². The van der Waals surface area contributed by atoms with Gasteiger partial charge in [0.1, 0.15) is 23.1 Å². The first kappa shape index (κ1) is 32.9. The third-order valence-electron chi connectivity index (χ3n) is 9.03. The van der Waals surface area contributed by atoms with Crippen molar-refractivity contribution in [2.45, 2.75) is 51.0 Å². The molecule has 2 aliphatic rings. The number of hydrogen-bond donors (Lipinski definition) is 0. The fraction of sp³-hybridized carbons (Fsp3) is 0.342. The van der Waals surface area contributed by atoms with Crippen molar-refractivity contribution in [2.75, 3.05) is 33.3 Å². The largest absolute Gasteiger partial charge is 0.492 e. The van der Waals surface area contributed by atoms with Crippen LogP contribution in [0.5, 0.6) is 5.75 Å². The Labute approximate surface area is 270 Å². The topological polar surface area (TPSA) is 58.0 Å². The Morgan fingerprint density at radius 1 is 0.870 bits per heavy atom. The molecule has 0 radical (unpaired) electrons. The highest BCUT2D eigenvalue weighted by molar-refractivity contribution is 6.16. The smallest absolute Gasteiger partial charge is 0.265 e. The van der Waals surface area contributed by atoms with Gasteiger partial charge in [-0.1, -0.05) is 69.3 Å². The van der Waals surface area contributed by atoms with Gasteiger partial charge in [-0.05, 0) is 93.0 Å². The molecule has 0 fully saturated rings. The zero-order chi connectivity index (χ0) is 32.7. The van der Waals surface area contributed by atoms with Gasteiger partial charge in [-0.15, -0.1) is 0 Å². The molecule has 240 valence electrons. The van der Waals surface area contributed by atoms with Gasteiger partial charge in [0, 0.05) is 23.7 Å². The number of fused-ring (bicyclic) bond motifs is 1. The van der Waals surface area contributed by atoms with E-state index in [0.717, 1.165) is 31.7 Å². The van der Waals surface area contributed by atoms with Crippen molar-refractivity contribution in [1.29, 1.82) is 0 Å². The minimum atomic E-state index is -1.50. The van der Waals surface area contributed by atoms with Crippen molar-refractivity contribution in [1.82, 2.24) is 14.8 Å². The molecule has 0 aliphatic carbocycles. The first-order valence-electron chi connectivity index (χ1n) is 16.1. The second kappa shape index (κ2) is 14.3. The van der Waals surface area contributed by atoms with E-state index in [1.165, 1.54) is 29.8 Å². The van der Waals surface area contributed by atoms with Gasteiger partial charge < -0.3 is 9.64 Å². The lowest BCUT2D eigenvalue weighted by Gasteiger charge is -2.30. The van der Waals surface area contributed by atoms with Crippen molar-refractivity contribution in [3.8, 4) is 5.75 Å². The Bertz CT molecular complexity index is 1600. The highest BCUT2D eigenvalue weighted by Crippen LogP contribution is 2.44. The number of amides is 1. The average Bonchev–Trinajstić information content (AvgIpc) is 3.62. The van der Waals surface area contributed by atoms with Crippen molar-refractivity contribution in [3.63, 3.8) is 0 Å². The van der Waals surface area contributed by atoms with E-state index in [1.807, 2.05) is 44.2 Å². The fourth-order valence-electron chi connectivity index (χ4n) is 6.40. The number of rotatable bonds is 11. The van der Waals surface area contributed by atoms with E-state index in [9.17, 15) is 13.6 Å². The molecule has 0 spiro atoms. The summed E-state index contributed by atoms with van der Waals surface area (Å²) in [6.07, 6.45) is 4.33. The maximum Gasteiger partial charge on any atom is 0.265 e. The van der Waals surface area contributed by atoms with E-state index in [1.54, 1.807) is 35.4 Å². The van der Waals surface area contributed by atoms with Crippen LogP contribution in [0.3, 0.4) is 0 Å².